The Labute approximate surface area is 123 Å². The number of carboxylic acids is 1. The molecule has 2 amide bonds. The van der Waals surface area contributed by atoms with Crippen LogP contribution in [0.3, 0.4) is 0 Å². The molecule has 2 aliphatic rings. The molecule has 1 aliphatic heterocycles. The lowest BCUT2D eigenvalue weighted by atomic mass is 9.68. The van der Waals surface area contributed by atoms with Crippen molar-refractivity contribution in [3.8, 4) is 0 Å². The van der Waals surface area contributed by atoms with Crippen molar-refractivity contribution < 1.29 is 24.2 Å². The van der Waals surface area contributed by atoms with Gasteiger partial charge in [0, 0.05) is 20.2 Å². The Bertz CT molecular complexity index is 447. The molecule has 0 spiro atoms. The van der Waals surface area contributed by atoms with Gasteiger partial charge >= 0.3 is 5.97 Å². The number of hydrogen-bond donors (Lipinski definition) is 1. The fraction of sp³-hybridized carbons (Fsp3) is 0.786. The highest BCUT2D eigenvalue weighted by atomic mass is 16.5. The maximum absolute atomic E-state index is 12.7. The molecule has 0 radical (unpaired) electrons. The summed E-state index contributed by atoms with van der Waals surface area (Å²) in [5, 5.41) is 8.80. The Morgan fingerprint density at radius 1 is 1.38 bits per heavy atom. The number of methoxy groups -OCH3 is 1. The Morgan fingerprint density at radius 3 is 2.52 bits per heavy atom. The summed E-state index contributed by atoms with van der Waals surface area (Å²) in [5.74, 6) is -1.37. The van der Waals surface area contributed by atoms with Crippen LogP contribution in [0.15, 0.2) is 0 Å². The molecule has 1 N–H and O–H groups in total. The van der Waals surface area contributed by atoms with Crippen molar-refractivity contribution in [2.45, 2.75) is 32.2 Å². The molecule has 1 saturated carbocycles. The first kappa shape index (κ1) is 15.8. The Balaban J connectivity index is 2.07. The minimum absolute atomic E-state index is 0.0357. The molecule has 0 aromatic rings. The van der Waals surface area contributed by atoms with E-state index in [0.29, 0.717) is 13.2 Å². The number of rotatable bonds is 5. The number of aliphatic carboxylic acids is 1. The molecule has 1 aliphatic carbocycles. The normalized spacial score (nSPS) is 24.7. The number of carbonyl (C=O) groups excluding carboxylic acids is 2. The summed E-state index contributed by atoms with van der Waals surface area (Å²) < 4.78 is 5.18. The van der Waals surface area contributed by atoms with Gasteiger partial charge in [-0.05, 0) is 19.8 Å². The third-order valence-corrected chi connectivity index (χ3v) is 4.52. The van der Waals surface area contributed by atoms with Crippen LogP contribution in [0.1, 0.15) is 26.2 Å². The van der Waals surface area contributed by atoms with Crippen molar-refractivity contribution in [3.05, 3.63) is 0 Å². The molecule has 118 valence electrons. The highest BCUT2D eigenvalue weighted by molar-refractivity contribution is 5.92. The number of piperazine rings is 1. The van der Waals surface area contributed by atoms with E-state index < -0.39 is 17.4 Å². The second-order valence-corrected chi connectivity index (χ2v) is 5.89. The summed E-state index contributed by atoms with van der Waals surface area (Å²) in [6, 6.07) is -0.611. The molecule has 7 nitrogen and oxygen atoms in total. The molecule has 21 heavy (non-hydrogen) atoms. The van der Waals surface area contributed by atoms with E-state index in [0.717, 1.165) is 19.3 Å². The van der Waals surface area contributed by atoms with Crippen LogP contribution in [-0.4, -0.2) is 72.1 Å². The number of carboxylic acid groups (broad SMARTS) is 1. The number of nitrogens with zero attached hydrogens (tertiary/aromatic N) is 2. The van der Waals surface area contributed by atoms with Crippen molar-refractivity contribution in [2.24, 2.45) is 5.41 Å². The minimum atomic E-state index is -1.04. The topological polar surface area (TPSA) is 87.2 Å². The summed E-state index contributed by atoms with van der Waals surface area (Å²) in [7, 11) is 1.58. The molecule has 1 atom stereocenters. The SMILES string of the molecule is COCC1(C(=O)N2CCN(CC(=O)O)C(=O)[C@@H]2C)CCC1. The molecular weight excluding hydrogens is 276 g/mol. The van der Waals surface area contributed by atoms with E-state index in [1.165, 1.54) is 4.90 Å². The molecule has 2 rings (SSSR count). The van der Waals surface area contributed by atoms with Crippen LogP contribution in [0.4, 0.5) is 0 Å². The number of hydrogen-bond acceptors (Lipinski definition) is 4. The van der Waals surface area contributed by atoms with Crippen molar-refractivity contribution in [2.75, 3.05) is 33.4 Å². The zero-order chi connectivity index (χ0) is 15.6. The van der Waals surface area contributed by atoms with Gasteiger partial charge in [0.15, 0.2) is 0 Å². The van der Waals surface area contributed by atoms with Gasteiger partial charge in [-0.2, -0.15) is 0 Å². The lowest BCUT2D eigenvalue weighted by molar-refractivity contribution is -0.164. The molecule has 0 aromatic carbocycles. The smallest absolute Gasteiger partial charge is 0.323 e. The largest absolute Gasteiger partial charge is 0.480 e. The van der Waals surface area contributed by atoms with Crippen molar-refractivity contribution >= 4 is 17.8 Å². The number of amides is 2. The van der Waals surface area contributed by atoms with Crippen LogP contribution >= 0.6 is 0 Å². The fourth-order valence-electron chi connectivity index (χ4n) is 3.13. The summed E-state index contributed by atoms with van der Waals surface area (Å²) in [4.78, 5) is 38.6. The van der Waals surface area contributed by atoms with Crippen LogP contribution in [0.2, 0.25) is 0 Å². The van der Waals surface area contributed by atoms with Gasteiger partial charge in [-0.15, -0.1) is 0 Å². The van der Waals surface area contributed by atoms with Gasteiger partial charge in [-0.1, -0.05) is 6.42 Å². The predicted octanol–water partition coefficient (Wildman–Crippen LogP) is -0.0530. The first-order valence-corrected chi connectivity index (χ1v) is 7.22. The van der Waals surface area contributed by atoms with Crippen molar-refractivity contribution in [3.63, 3.8) is 0 Å². The van der Waals surface area contributed by atoms with Crippen LogP contribution in [0, 0.1) is 5.41 Å². The van der Waals surface area contributed by atoms with E-state index in [1.807, 2.05) is 0 Å². The van der Waals surface area contributed by atoms with Crippen LogP contribution in [-0.2, 0) is 19.1 Å². The highest BCUT2D eigenvalue weighted by Gasteiger charge is 2.49. The Hall–Kier alpha value is -1.63. The molecule has 0 unspecified atom stereocenters. The van der Waals surface area contributed by atoms with E-state index in [1.54, 1.807) is 18.9 Å². The van der Waals surface area contributed by atoms with E-state index in [-0.39, 0.29) is 24.9 Å². The first-order valence-electron chi connectivity index (χ1n) is 7.22. The van der Waals surface area contributed by atoms with Gasteiger partial charge < -0.3 is 19.6 Å². The first-order chi connectivity index (χ1) is 9.91. The van der Waals surface area contributed by atoms with Gasteiger partial charge in [0.2, 0.25) is 11.8 Å². The van der Waals surface area contributed by atoms with E-state index >= 15 is 0 Å². The van der Waals surface area contributed by atoms with Gasteiger partial charge in [-0.25, -0.2) is 0 Å². The summed E-state index contributed by atoms with van der Waals surface area (Å²) in [5.41, 5.74) is -0.488. The highest BCUT2D eigenvalue weighted by Crippen LogP contribution is 2.43. The quantitative estimate of drug-likeness (QED) is 0.769. The maximum Gasteiger partial charge on any atom is 0.323 e. The summed E-state index contributed by atoms with van der Waals surface area (Å²) >= 11 is 0. The third kappa shape index (κ3) is 2.88. The lowest BCUT2D eigenvalue weighted by Crippen LogP contribution is -2.62. The number of ether oxygens (including phenoxy) is 1. The number of carbonyl (C=O) groups is 3. The Kier molecular flexibility index (Phi) is 4.51. The lowest BCUT2D eigenvalue weighted by Gasteiger charge is -2.47. The zero-order valence-corrected chi connectivity index (χ0v) is 12.5. The minimum Gasteiger partial charge on any atom is -0.480 e. The molecular formula is C14H22N2O5. The predicted molar refractivity (Wildman–Crippen MR) is 73.6 cm³/mol. The van der Waals surface area contributed by atoms with Crippen molar-refractivity contribution in [1.82, 2.24) is 9.80 Å². The fourth-order valence-corrected chi connectivity index (χ4v) is 3.13. The van der Waals surface area contributed by atoms with Crippen molar-refractivity contribution in [1.29, 1.82) is 0 Å². The molecule has 0 bridgehead atoms. The average molecular weight is 298 g/mol. The van der Waals surface area contributed by atoms with Gasteiger partial charge in [-0.3, -0.25) is 14.4 Å². The Morgan fingerprint density at radius 2 is 2.05 bits per heavy atom. The van der Waals surface area contributed by atoms with E-state index in [4.69, 9.17) is 9.84 Å². The van der Waals surface area contributed by atoms with Crippen LogP contribution < -0.4 is 0 Å². The second kappa shape index (κ2) is 6.01. The van der Waals surface area contributed by atoms with E-state index in [9.17, 15) is 14.4 Å². The van der Waals surface area contributed by atoms with Gasteiger partial charge in [0.25, 0.3) is 0 Å². The average Bonchev–Trinajstić information content (AvgIpc) is 2.38. The van der Waals surface area contributed by atoms with Crippen LogP contribution in [0.25, 0.3) is 0 Å². The van der Waals surface area contributed by atoms with E-state index in [2.05, 4.69) is 0 Å². The standard InChI is InChI=1S/C14H22N2O5/c1-10-12(19)15(8-11(17)18)6-7-16(10)13(20)14(9-21-2)4-3-5-14/h10H,3-9H2,1-2H3,(H,17,18)/t10-/m0/s1. The monoisotopic (exact) mass is 298 g/mol. The molecule has 1 heterocycles. The van der Waals surface area contributed by atoms with Gasteiger partial charge in [0.1, 0.15) is 12.6 Å². The molecule has 1 saturated heterocycles. The third-order valence-electron chi connectivity index (χ3n) is 4.52. The summed E-state index contributed by atoms with van der Waals surface area (Å²) in [6.07, 6.45) is 2.57. The molecule has 0 aromatic heterocycles. The molecule has 2 fully saturated rings. The van der Waals surface area contributed by atoms with Gasteiger partial charge in [0.05, 0.1) is 12.0 Å². The molecule has 7 heteroatoms. The zero-order valence-electron chi connectivity index (χ0n) is 12.5. The second-order valence-electron chi connectivity index (χ2n) is 5.89. The van der Waals surface area contributed by atoms with Crippen LogP contribution in [0.5, 0.6) is 0 Å². The summed E-state index contributed by atoms with van der Waals surface area (Å²) in [6.45, 7) is 2.37. The maximum atomic E-state index is 12.7.